The lowest BCUT2D eigenvalue weighted by Crippen LogP contribution is -2.48. The van der Waals surface area contributed by atoms with Crippen molar-refractivity contribution in [3.8, 4) is 0 Å². The van der Waals surface area contributed by atoms with Crippen molar-refractivity contribution in [2.75, 3.05) is 24.5 Å². The summed E-state index contributed by atoms with van der Waals surface area (Å²) in [7, 11) is 0. The number of nitrogens with one attached hydrogen (secondary N) is 1. The van der Waals surface area contributed by atoms with Crippen molar-refractivity contribution in [1.82, 2.24) is 10.3 Å². The van der Waals surface area contributed by atoms with Crippen molar-refractivity contribution < 1.29 is 9.18 Å². The molecule has 1 aromatic carbocycles. The van der Waals surface area contributed by atoms with Crippen LogP contribution < -0.4 is 10.2 Å². The van der Waals surface area contributed by atoms with Gasteiger partial charge in [0.1, 0.15) is 5.67 Å². The number of piperidine rings is 1. The van der Waals surface area contributed by atoms with Gasteiger partial charge in [-0.25, -0.2) is 9.37 Å². The minimum absolute atomic E-state index is 0.106. The molecule has 0 spiro atoms. The summed E-state index contributed by atoms with van der Waals surface area (Å²) in [6.07, 6.45) is 0.838. The van der Waals surface area contributed by atoms with E-state index in [1.165, 1.54) is 17.2 Å². The minimum Gasteiger partial charge on any atom is -0.353 e. The average molecular weight is 321 g/mol. The molecule has 6 heteroatoms. The van der Waals surface area contributed by atoms with Gasteiger partial charge < -0.3 is 10.2 Å². The van der Waals surface area contributed by atoms with Crippen LogP contribution in [0.1, 0.15) is 25.3 Å². The maximum Gasteiger partial charge on any atom is 0.216 e. The summed E-state index contributed by atoms with van der Waals surface area (Å²) in [5.74, 6) is -0.180. The van der Waals surface area contributed by atoms with E-state index in [2.05, 4.69) is 29.3 Å². The van der Waals surface area contributed by atoms with E-state index in [-0.39, 0.29) is 12.5 Å². The van der Waals surface area contributed by atoms with E-state index in [1.54, 1.807) is 11.3 Å². The fourth-order valence-corrected chi connectivity index (χ4v) is 3.86. The maximum absolute atomic E-state index is 14.6. The van der Waals surface area contributed by atoms with Gasteiger partial charge in [-0.15, -0.1) is 0 Å². The summed E-state index contributed by atoms with van der Waals surface area (Å²) in [5, 5.41) is 3.56. The van der Waals surface area contributed by atoms with Gasteiger partial charge >= 0.3 is 0 Å². The first-order valence-electron chi connectivity index (χ1n) is 7.51. The van der Waals surface area contributed by atoms with Crippen LogP contribution in [0, 0.1) is 6.92 Å². The molecule has 0 atom stereocenters. The number of anilines is 1. The Kier molecular flexibility index (Phi) is 4.04. The number of benzene rings is 1. The Morgan fingerprint density at radius 2 is 2.18 bits per heavy atom. The number of aryl methyl sites for hydroxylation is 1. The smallest absolute Gasteiger partial charge is 0.216 e. The Bertz CT molecular complexity index is 692. The van der Waals surface area contributed by atoms with Crippen molar-refractivity contribution in [2.24, 2.45) is 0 Å². The van der Waals surface area contributed by atoms with Crippen LogP contribution >= 0.6 is 11.3 Å². The number of carbonyl (C=O) groups excluding carboxylic acids is 1. The van der Waals surface area contributed by atoms with Gasteiger partial charge in [-0.2, -0.15) is 0 Å². The van der Waals surface area contributed by atoms with Crippen LogP contribution in [0.5, 0.6) is 0 Å². The van der Waals surface area contributed by atoms with Gasteiger partial charge in [0, 0.05) is 32.9 Å². The second-order valence-electron chi connectivity index (χ2n) is 5.97. The van der Waals surface area contributed by atoms with Crippen molar-refractivity contribution in [2.45, 2.75) is 32.4 Å². The molecule has 0 unspecified atom stereocenters. The predicted molar refractivity (Wildman–Crippen MR) is 88.3 cm³/mol. The zero-order valence-corrected chi connectivity index (χ0v) is 13.7. The number of rotatable bonds is 3. The lowest BCUT2D eigenvalue weighted by molar-refractivity contribution is -0.119. The van der Waals surface area contributed by atoms with Gasteiger partial charge in [-0.3, -0.25) is 4.79 Å². The van der Waals surface area contributed by atoms with Crippen molar-refractivity contribution >= 4 is 32.6 Å². The summed E-state index contributed by atoms with van der Waals surface area (Å²) < 4.78 is 15.8. The SMILES string of the molecule is CC(=O)NCC1(F)CCN(c2nc3c(C)cccc3s2)CC1. The van der Waals surface area contributed by atoms with E-state index >= 15 is 0 Å². The highest BCUT2D eigenvalue weighted by Gasteiger charge is 2.35. The largest absolute Gasteiger partial charge is 0.353 e. The molecule has 1 N–H and O–H groups in total. The van der Waals surface area contributed by atoms with Gasteiger partial charge in [0.15, 0.2) is 5.13 Å². The average Bonchev–Trinajstić information content (AvgIpc) is 2.92. The molecule has 1 aromatic heterocycles. The monoisotopic (exact) mass is 321 g/mol. The summed E-state index contributed by atoms with van der Waals surface area (Å²) in [5.41, 5.74) is 0.912. The van der Waals surface area contributed by atoms with E-state index in [4.69, 9.17) is 4.98 Å². The van der Waals surface area contributed by atoms with Crippen molar-refractivity contribution in [1.29, 1.82) is 0 Å². The normalized spacial score (nSPS) is 17.7. The zero-order valence-electron chi connectivity index (χ0n) is 12.9. The standard InChI is InChI=1S/C16H20FN3OS/c1-11-4-3-5-13-14(11)19-15(22-13)20-8-6-16(17,7-9-20)10-18-12(2)21/h3-5H,6-10H2,1-2H3,(H,18,21). The van der Waals surface area contributed by atoms with E-state index in [0.29, 0.717) is 25.9 Å². The van der Waals surface area contributed by atoms with Crippen LogP contribution in [-0.2, 0) is 4.79 Å². The second-order valence-corrected chi connectivity index (χ2v) is 6.97. The summed E-state index contributed by atoms with van der Waals surface area (Å²) in [6.45, 7) is 4.85. The quantitative estimate of drug-likeness (QED) is 0.945. The summed E-state index contributed by atoms with van der Waals surface area (Å²) in [6, 6.07) is 6.17. The topological polar surface area (TPSA) is 45.2 Å². The number of hydrogen-bond acceptors (Lipinski definition) is 4. The molecule has 22 heavy (non-hydrogen) atoms. The molecule has 1 amide bonds. The molecule has 1 aliphatic heterocycles. The number of thiazole rings is 1. The van der Waals surface area contributed by atoms with Gasteiger partial charge in [0.2, 0.25) is 5.91 Å². The van der Waals surface area contributed by atoms with Crippen LogP contribution in [0.2, 0.25) is 0 Å². The first-order valence-corrected chi connectivity index (χ1v) is 8.33. The van der Waals surface area contributed by atoms with Crippen molar-refractivity contribution in [3.05, 3.63) is 23.8 Å². The predicted octanol–water partition coefficient (Wildman–Crippen LogP) is 3.05. The molecular formula is C16H20FN3OS. The molecule has 1 aliphatic rings. The molecule has 0 bridgehead atoms. The van der Waals surface area contributed by atoms with E-state index in [9.17, 15) is 9.18 Å². The van der Waals surface area contributed by atoms with Crippen LogP contribution in [0.25, 0.3) is 10.2 Å². The Labute approximate surface area is 133 Å². The Balaban J connectivity index is 1.70. The number of alkyl halides is 1. The van der Waals surface area contributed by atoms with Crippen LogP contribution in [0.4, 0.5) is 9.52 Å². The highest BCUT2D eigenvalue weighted by molar-refractivity contribution is 7.22. The third kappa shape index (κ3) is 3.06. The molecule has 118 valence electrons. The second kappa shape index (κ2) is 5.83. The number of fused-ring (bicyclic) bond motifs is 1. The molecule has 2 aromatic rings. The van der Waals surface area contributed by atoms with Gasteiger partial charge in [0.25, 0.3) is 0 Å². The van der Waals surface area contributed by atoms with Gasteiger partial charge in [-0.1, -0.05) is 23.5 Å². The molecule has 1 saturated heterocycles. The molecule has 0 aliphatic carbocycles. The van der Waals surface area contributed by atoms with Gasteiger partial charge in [-0.05, 0) is 18.6 Å². The third-order valence-corrected chi connectivity index (χ3v) is 5.28. The number of hydrogen-bond donors (Lipinski definition) is 1. The van der Waals surface area contributed by atoms with Crippen LogP contribution in [-0.4, -0.2) is 36.2 Å². The maximum atomic E-state index is 14.6. The fourth-order valence-electron chi connectivity index (χ4n) is 2.77. The van der Waals surface area contributed by atoms with E-state index in [0.717, 1.165) is 10.6 Å². The summed E-state index contributed by atoms with van der Waals surface area (Å²) >= 11 is 1.66. The molecule has 1 fully saturated rings. The third-order valence-electron chi connectivity index (χ3n) is 4.19. The molecule has 3 rings (SSSR count). The van der Waals surface area contributed by atoms with E-state index < -0.39 is 5.67 Å². The number of carbonyl (C=O) groups is 1. The Hall–Kier alpha value is -1.69. The molecule has 0 saturated carbocycles. The highest BCUT2D eigenvalue weighted by Crippen LogP contribution is 2.34. The summed E-state index contributed by atoms with van der Waals surface area (Å²) in [4.78, 5) is 17.8. The van der Waals surface area contributed by atoms with Crippen LogP contribution in [0.3, 0.4) is 0 Å². The molecule has 2 heterocycles. The molecular weight excluding hydrogens is 301 g/mol. The number of nitrogens with zero attached hydrogens (tertiary/aromatic N) is 2. The van der Waals surface area contributed by atoms with E-state index in [1.807, 2.05) is 6.07 Å². The number of para-hydroxylation sites is 1. The zero-order chi connectivity index (χ0) is 15.7. The lowest BCUT2D eigenvalue weighted by Gasteiger charge is -2.36. The first-order chi connectivity index (χ1) is 10.5. The van der Waals surface area contributed by atoms with Crippen LogP contribution in [0.15, 0.2) is 18.2 Å². The Morgan fingerprint density at radius 3 is 2.82 bits per heavy atom. The number of aromatic nitrogens is 1. The molecule has 4 nitrogen and oxygen atoms in total. The fraction of sp³-hybridized carbons (Fsp3) is 0.500. The van der Waals surface area contributed by atoms with Crippen molar-refractivity contribution in [3.63, 3.8) is 0 Å². The lowest BCUT2D eigenvalue weighted by atomic mass is 9.93. The Morgan fingerprint density at radius 1 is 1.45 bits per heavy atom. The highest BCUT2D eigenvalue weighted by atomic mass is 32.1. The molecule has 0 radical (unpaired) electrons. The number of amides is 1. The minimum atomic E-state index is -1.30. The van der Waals surface area contributed by atoms with Gasteiger partial charge in [0.05, 0.1) is 16.8 Å². The number of halogens is 1. The first kappa shape index (κ1) is 15.2.